The van der Waals surface area contributed by atoms with E-state index in [-0.39, 0.29) is 11.1 Å². The Bertz CT molecular complexity index is 816. The fourth-order valence-electron chi connectivity index (χ4n) is 2.79. The van der Waals surface area contributed by atoms with Gasteiger partial charge in [0.25, 0.3) is 5.91 Å². The van der Waals surface area contributed by atoms with Crippen molar-refractivity contribution < 1.29 is 28.6 Å². The van der Waals surface area contributed by atoms with E-state index in [2.05, 4.69) is 5.32 Å². The molecule has 0 aliphatic carbocycles. The maximum atomic E-state index is 14.0. The van der Waals surface area contributed by atoms with Gasteiger partial charge in [-0.15, -0.1) is 0 Å². The van der Waals surface area contributed by atoms with Gasteiger partial charge in [0.15, 0.2) is 0 Å². The summed E-state index contributed by atoms with van der Waals surface area (Å²) in [5.74, 6) is -1.62. The normalized spacial score (nSPS) is 14.6. The molecule has 0 radical (unpaired) electrons. The lowest BCUT2D eigenvalue weighted by atomic mass is 10.0. The van der Waals surface area contributed by atoms with Crippen molar-refractivity contribution in [2.75, 3.05) is 25.1 Å². The fraction of sp³-hybridized carbons (Fsp3) is 0.300. The summed E-state index contributed by atoms with van der Waals surface area (Å²) in [5.41, 5.74) is 0.0510. The fourth-order valence-corrected chi connectivity index (χ4v) is 2.79. The maximum absolute atomic E-state index is 14.0. The van der Waals surface area contributed by atoms with Crippen LogP contribution in [0, 0.1) is 11.7 Å². The van der Waals surface area contributed by atoms with Crippen LogP contribution in [-0.2, 0) is 4.74 Å². The number of carbonyl (C=O) groups excluding carboxylic acids is 1. The minimum absolute atomic E-state index is 0.213. The van der Waals surface area contributed by atoms with Crippen LogP contribution in [0.4, 0.5) is 10.1 Å². The van der Waals surface area contributed by atoms with E-state index < -0.39 is 17.7 Å². The van der Waals surface area contributed by atoms with E-state index >= 15 is 0 Å². The van der Waals surface area contributed by atoms with Crippen molar-refractivity contribution >= 4 is 17.6 Å². The predicted octanol–water partition coefficient (Wildman–Crippen LogP) is 3.58. The summed E-state index contributed by atoms with van der Waals surface area (Å²) in [6.45, 7) is 2.15. The first-order valence-electron chi connectivity index (χ1n) is 8.68. The van der Waals surface area contributed by atoms with Gasteiger partial charge in [-0.3, -0.25) is 4.79 Å². The number of hydrogen-bond donors (Lipinski definition) is 2. The minimum atomic E-state index is -1.25. The lowest BCUT2D eigenvalue weighted by Gasteiger charge is -2.22. The molecule has 0 spiro atoms. The van der Waals surface area contributed by atoms with Crippen molar-refractivity contribution in [3.8, 4) is 5.75 Å². The number of rotatable bonds is 6. The molecule has 2 aromatic carbocycles. The lowest BCUT2D eigenvalue weighted by Crippen LogP contribution is -2.21. The summed E-state index contributed by atoms with van der Waals surface area (Å²) < 4.78 is 25.0. The smallest absolute Gasteiger partial charge is 0.335 e. The molecular weight excluding hydrogens is 353 g/mol. The number of nitrogens with one attached hydrogen (secondary N) is 1. The monoisotopic (exact) mass is 373 g/mol. The van der Waals surface area contributed by atoms with E-state index in [9.17, 15) is 14.0 Å². The van der Waals surface area contributed by atoms with E-state index in [1.807, 2.05) is 0 Å². The Morgan fingerprint density at radius 1 is 1.15 bits per heavy atom. The van der Waals surface area contributed by atoms with E-state index in [4.69, 9.17) is 14.6 Å². The van der Waals surface area contributed by atoms with Crippen LogP contribution in [0.15, 0.2) is 42.5 Å². The van der Waals surface area contributed by atoms with Crippen LogP contribution in [0.3, 0.4) is 0 Å². The van der Waals surface area contributed by atoms with Crippen molar-refractivity contribution in [3.05, 3.63) is 59.4 Å². The zero-order chi connectivity index (χ0) is 19.2. The summed E-state index contributed by atoms with van der Waals surface area (Å²) >= 11 is 0. The second-order valence-corrected chi connectivity index (χ2v) is 6.35. The topological polar surface area (TPSA) is 84.9 Å². The number of carboxylic acids is 1. The number of ether oxygens (including phenoxy) is 2. The highest BCUT2D eigenvalue weighted by atomic mass is 19.1. The van der Waals surface area contributed by atoms with E-state index in [0.717, 1.165) is 38.2 Å². The Balaban J connectivity index is 1.57. The van der Waals surface area contributed by atoms with Gasteiger partial charge in [0.1, 0.15) is 11.6 Å². The number of carbonyl (C=O) groups is 2. The van der Waals surface area contributed by atoms with Gasteiger partial charge < -0.3 is 19.9 Å². The summed E-state index contributed by atoms with van der Waals surface area (Å²) in [5, 5.41) is 11.4. The Kier molecular flexibility index (Phi) is 6.03. The lowest BCUT2D eigenvalue weighted by molar-refractivity contribution is 0.0497. The first-order valence-corrected chi connectivity index (χ1v) is 8.68. The molecule has 6 nitrogen and oxygen atoms in total. The van der Waals surface area contributed by atoms with Gasteiger partial charge in [-0.25, -0.2) is 9.18 Å². The number of anilines is 1. The van der Waals surface area contributed by atoms with Crippen molar-refractivity contribution in [3.63, 3.8) is 0 Å². The molecule has 0 bridgehead atoms. The highest BCUT2D eigenvalue weighted by Gasteiger charge is 2.16. The molecule has 1 aliphatic heterocycles. The van der Waals surface area contributed by atoms with Gasteiger partial charge in [-0.05, 0) is 61.2 Å². The zero-order valence-electron chi connectivity index (χ0n) is 14.6. The number of hydrogen-bond acceptors (Lipinski definition) is 4. The molecule has 1 amide bonds. The van der Waals surface area contributed by atoms with Crippen molar-refractivity contribution in [1.29, 1.82) is 0 Å². The Labute approximate surface area is 155 Å². The molecular formula is C20H20FNO5. The second-order valence-electron chi connectivity index (χ2n) is 6.35. The number of benzene rings is 2. The number of carboxylic acid groups (broad SMARTS) is 1. The molecule has 0 unspecified atom stereocenters. The van der Waals surface area contributed by atoms with Crippen LogP contribution in [-0.4, -0.2) is 36.8 Å². The molecule has 3 rings (SSSR count). The summed E-state index contributed by atoms with van der Waals surface area (Å²) in [4.78, 5) is 23.0. The SMILES string of the molecule is O=C(O)c1ccc(C(=O)Nc2ccc(OCC3CCOCC3)cc2)c(F)c1. The number of aromatic carboxylic acids is 1. The number of halogens is 1. The molecule has 1 saturated heterocycles. The van der Waals surface area contributed by atoms with Gasteiger partial charge >= 0.3 is 5.97 Å². The Morgan fingerprint density at radius 2 is 1.85 bits per heavy atom. The Morgan fingerprint density at radius 3 is 2.48 bits per heavy atom. The molecule has 7 heteroatoms. The molecule has 2 N–H and O–H groups in total. The van der Waals surface area contributed by atoms with Crippen LogP contribution in [0.25, 0.3) is 0 Å². The van der Waals surface area contributed by atoms with Crippen molar-refractivity contribution in [2.24, 2.45) is 5.92 Å². The summed E-state index contributed by atoms with van der Waals surface area (Å²) in [6, 6.07) is 9.97. The van der Waals surface area contributed by atoms with E-state index in [0.29, 0.717) is 24.0 Å². The van der Waals surface area contributed by atoms with Gasteiger partial charge in [0.05, 0.1) is 17.7 Å². The third kappa shape index (κ3) is 5.04. The first kappa shape index (κ1) is 18.8. The molecule has 0 aromatic heterocycles. The van der Waals surface area contributed by atoms with E-state index in [1.54, 1.807) is 24.3 Å². The maximum Gasteiger partial charge on any atom is 0.335 e. The van der Waals surface area contributed by atoms with Gasteiger partial charge in [-0.1, -0.05) is 0 Å². The van der Waals surface area contributed by atoms with Gasteiger partial charge in [-0.2, -0.15) is 0 Å². The van der Waals surface area contributed by atoms with Crippen LogP contribution < -0.4 is 10.1 Å². The highest BCUT2D eigenvalue weighted by molar-refractivity contribution is 6.05. The largest absolute Gasteiger partial charge is 0.493 e. The van der Waals surface area contributed by atoms with Gasteiger partial charge in [0.2, 0.25) is 0 Å². The molecule has 2 aromatic rings. The minimum Gasteiger partial charge on any atom is -0.493 e. The van der Waals surface area contributed by atoms with Crippen LogP contribution in [0.1, 0.15) is 33.6 Å². The summed E-state index contributed by atoms with van der Waals surface area (Å²) in [6.07, 6.45) is 1.97. The molecule has 142 valence electrons. The summed E-state index contributed by atoms with van der Waals surface area (Å²) in [7, 11) is 0. The average molecular weight is 373 g/mol. The quantitative estimate of drug-likeness (QED) is 0.808. The second kappa shape index (κ2) is 8.64. The predicted molar refractivity (Wildman–Crippen MR) is 96.8 cm³/mol. The average Bonchev–Trinajstić information content (AvgIpc) is 2.68. The molecule has 27 heavy (non-hydrogen) atoms. The van der Waals surface area contributed by atoms with Crippen LogP contribution in [0.2, 0.25) is 0 Å². The van der Waals surface area contributed by atoms with Gasteiger partial charge in [0, 0.05) is 18.9 Å². The van der Waals surface area contributed by atoms with E-state index in [1.165, 1.54) is 6.07 Å². The highest BCUT2D eigenvalue weighted by Crippen LogP contribution is 2.20. The standard InChI is InChI=1S/C20H20FNO5/c21-18-11-14(20(24)25)1-6-17(18)19(23)22-15-2-4-16(5-3-15)27-12-13-7-9-26-10-8-13/h1-6,11,13H,7-10,12H2,(H,22,23)(H,24,25). The first-order chi connectivity index (χ1) is 13.0. The Hall–Kier alpha value is -2.93. The third-order valence-electron chi connectivity index (χ3n) is 4.40. The zero-order valence-corrected chi connectivity index (χ0v) is 14.6. The molecule has 1 aliphatic rings. The third-order valence-corrected chi connectivity index (χ3v) is 4.40. The molecule has 1 heterocycles. The molecule has 1 fully saturated rings. The number of amides is 1. The molecule has 0 atom stereocenters. The van der Waals surface area contributed by atoms with Crippen LogP contribution >= 0.6 is 0 Å². The van der Waals surface area contributed by atoms with Crippen LogP contribution in [0.5, 0.6) is 5.75 Å². The van der Waals surface area contributed by atoms with Crippen molar-refractivity contribution in [1.82, 2.24) is 0 Å². The van der Waals surface area contributed by atoms with Crippen molar-refractivity contribution in [2.45, 2.75) is 12.8 Å². The molecule has 0 saturated carbocycles.